The SMILES string of the molecule is CC(=O)c1ccc(-c2cccc3[nH]c(-c4n[nH]c5cnc(-c6cncc(CNCc7ccccc7)c6)cc45)nc23)s1. The average molecular weight is 556 g/mol. The summed E-state index contributed by atoms with van der Waals surface area (Å²) in [5, 5.41) is 12.1. The summed E-state index contributed by atoms with van der Waals surface area (Å²) in [6.07, 6.45) is 5.51. The first kappa shape index (κ1) is 25.0. The molecule has 0 spiro atoms. The number of hydrogen-bond acceptors (Lipinski definition) is 7. The third-order valence-corrected chi connectivity index (χ3v) is 8.21. The first-order chi connectivity index (χ1) is 20.1. The number of carbonyl (C=O) groups excluding carboxylic acids is 1. The van der Waals surface area contributed by atoms with Crippen molar-refractivity contribution < 1.29 is 4.79 Å². The van der Waals surface area contributed by atoms with Gasteiger partial charge in [-0.25, -0.2) is 4.98 Å². The van der Waals surface area contributed by atoms with E-state index in [-0.39, 0.29) is 5.78 Å². The van der Waals surface area contributed by atoms with Crippen LogP contribution < -0.4 is 5.32 Å². The van der Waals surface area contributed by atoms with Gasteiger partial charge in [0, 0.05) is 46.9 Å². The molecule has 0 saturated heterocycles. The molecule has 200 valence electrons. The lowest BCUT2D eigenvalue weighted by Gasteiger charge is -2.07. The topological polar surface area (TPSA) is 112 Å². The zero-order valence-corrected chi connectivity index (χ0v) is 23.0. The molecule has 9 heteroatoms. The number of Topliss-reactive ketones (excluding diaryl/α,β-unsaturated/α-hetero) is 1. The number of carbonyl (C=O) groups is 1. The number of hydrogen-bond donors (Lipinski definition) is 3. The second-order valence-electron chi connectivity index (χ2n) is 9.87. The van der Waals surface area contributed by atoms with Crippen LogP contribution in [0.1, 0.15) is 27.7 Å². The van der Waals surface area contributed by atoms with E-state index in [9.17, 15) is 4.79 Å². The summed E-state index contributed by atoms with van der Waals surface area (Å²) in [7, 11) is 0. The Balaban J connectivity index is 1.19. The quantitative estimate of drug-likeness (QED) is 0.178. The van der Waals surface area contributed by atoms with Crippen molar-refractivity contribution in [2.75, 3.05) is 0 Å². The zero-order valence-electron chi connectivity index (χ0n) is 22.2. The van der Waals surface area contributed by atoms with Gasteiger partial charge in [-0.3, -0.25) is 19.9 Å². The minimum atomic E-state index is 0.0627. The molecule has 2 aromatic carbocycles. The maximum absolute atomic E-state index is 11.9. The molecule has 0 atom stereocenters. The zero-order chi connectivity index (χ0) is 27.8. The van der Waals surface area contributed by atoms with Crippen molar-refractivity contribution in [2.24, 2.45) is 0 Å². The highest BCUT2D eigenvalue weighted by Crippen LogP contribution is 2.35. The highest BCUT2D eigenvalue weighted by atomic mass is 32.1. The van der Waals surface area contributed by atoms with Crippen LogP contribution in [0.5, 0.6) is 0 Å². The number of aromatic nitrogens is 6. The van der Waals surface area contributed by atoms with Gasteiger partial charge in [-0.1, -0.05) is 42.5 Å². The van der Waals surface area contributed by atoms with Crippen LogP contribution in [0.25, 0.3) is 55.2 Å². The van der Waals surface area contributed by atoms with Crippen LogP contribution in [0.2, 0.25) is 0 Å². The average Bonchev–Trinajstić information content (AvgIpc) is 3.76. The molecule has 41 heavy (non-hydrogen) atoms. The predicted molar refractivity (Wildman–Crippen MR) is 163 cm³/mol. The Labute approximate surface area is 239 Å². The molecule has 7 aromatic rings. The second kappa shape index (κ2) is 10.5. The maximum atomic E-state index is 11.9. The number of pyridine rings is 2. The van der Waals surface area contributed by atoms with Crippen LogP contribution in [0.4, 0.5) is 0 Å². The highest BCUT2D eigenvalue weighted by molar-refractivity contribution is 7.17. The van der Waals surface area contributed by atoms with Crippen LogP contribution in [-0.4, -0.2) is 35.9 Å². The third kappa shape index (κ3) is 4.93. The molecular weight excluding hydrogens is 530 g/mol. The Morgan fingerprint density at radius 3 is 2.63 bits per heavy atom. The van der Waals surface area contributed by atoms with Crippen molar-refractivity contribution >= 4 is 39.1 Å². The van der Waals surface area contributed by atoms with Crippen molar-refractivity contribution in [1.82, 2.24) is 35.5 Å². The fourth-order valence-electron chi connectivity index (χ4n) is 4.94. The summed E-state index contributed by atoms with van der Waals surface area (Å²) in [6.45, 7) is 3.08. The van der Waals surface area contributed by atoms with Crippen molar-refractivity contribution in [3.8, 4) is 33.2 Å². The molecule has 8 nitrogen and oxygen atoms in total. The van der Waals surface area contributed by atoms with Crippen molar-refractivity contribution in [1.29, 1.82) is 0 Å². The number of imidazole rings is 1. The first-order valence-electron chi connectivity index (χ1n) is 13.3. The van der Waals surface area contributed by atoms with Crippen LogP contribution in [0, 0.1) is 0 Å². The smallest absolute Gasteiger partial charge is 0.169 e. The number of para-hydroxylation sites is 1. The number of nitrogens with zero attached hydrogens (tertiary/aromatic N) is 4. The summed E-state index contributed by atoms with van der Waals surface area (Å²) in [5.41, 5.74) is 8.33. The molecule has 7 rings (SSSR count). The number of benzene rings is 2. The van der Waals surface area contributed by atoms with Crippen LogP contribution in [0.15, 0.2) is 91.4 Å². The van der Waals surface area contributed by atoms with E-state index >= 15 is 0 Å². The number of rotatable bonds is 8. The number of ketones is 1. The lowest BCUT2D eigenvalue weighted by atomic mass is 10.1. The Bertz CT molecular complexity index is 2020. The van der Waals surface area contributed by atoms with E-state index in [1.54, 1.807) is 13.1 Å². The van der Waals surface area contributed by atoms with Crippen LogP contribution >= 0.6 is 11.3 Å². The summed E-state index contributed by atoms with van der Waals surface area (Å²) < 4.78 is 0. The maximum Gasteiger partial charge on any atom is 0.169 e. The van der Waals surface area contributed by atoms with Gasteiger partial charge in [0.1, 0.15) is 5.69 Å². The normalized spacial score (nSPS) is 11.4. The molecule has 0 unspecified atom stereocenters. The molecule has 5 heterocycles. The Morgan fingerprint density at radius 2 is 1.78 bits per heavy atom. The molecule has 0 bridgehead atoms. The number of fused-ring (bicyclic) bond motifs is 2. The lowest BCUT2D eigenvalue weighted by molar-refractivity contribution is 0.102. The molecule has 0 aliphatic rings. The van der Waals surface area contributed by atoms with Gasteiger partial charge in [0.15, 0.2) is 11.6 Å². The van der Waals surface area contributed by atoms with E-state index in [0.29, 0.717) is 12.4 Å². The van der Waals surface area contributed by atoms with Gasteiger partial charge in [0.25, 0.3) is 0 Å². The first-order valence-corrected chi connectivity index (χ1v) is 14.1. The van der Waals surface area contributed by atoms with Crippen molar-refractivity contribution in [3.05, 3.63) is 107 Å². The number of nitrogens with one attached hydrogen (secondary N) is 3. The lowest BCUT2D eigenvalue weighted by Crippen LogP contribution is -2.12. The van der Waals surface area contributed by atoms with E-state index in [1.807, 2.05) is 67.0 Å². The second-order valence-corrected chi connectivity index (χ2v) is 10.9. The monoisotopic (exact) mass is 555 g/mol. The highest BCUT2D eigenvalue weighted by Gasteiger charge is 2.17. The molecule has 3 N–H and O–H groups in total. The molecule has 0 radical (unpaired) electrons. The van der Waals surface area contributed by atoms with Crippen molar-refractivity contribution in [3.63, 3.8) is 0 Å². The Hall–Kier alpha value is -4.99. The van der Waals surface area contributed by atoms with Gasteiger partial charge in [-0.2, -0.15) is 5.10 Å². The van der Waals surface area contributed by atoms with Gasteiger partial charge in [-0.05, 0) is 48.4 Å². The molecule has 5 aromatic heterocycles. The third-order valence-electron chi connectivity index (χ3n) is 6.99. The van der Waals surface area contributed by atoms with Gasteiger partial charge in [0.2, 0.25) is 0 Å². The van der Waals surface area contributed by atoms with E-state index < -0.39 is 0 Å². The Morgan fingerprint density at radius 1 is 0.902 bits per heavy atom. The minimum Gasteiger partial charge on any atom is -0.337 e. The summed E-state index contributed by atoms with van der Waals surface area (Å²) in [4.78, 5) is 31.1. The van der Waals surface area contributed by atoms with Crippen LogP contribution in [-0.2, 0) is 13.1 Å². The molecule has 0 aliphatic heterocycles. The summed E-state index contributed by atoms with van der Waals surface area (Å²) in [5.74, 6) is 0.726. The van der Waals surface area contributed by atoms with Crippen molar-refractivity contribution in [2.45, 2.75) is 20.0 Å². The standard InChI is InChI=1S/C32H25N7OS/c1-19(40)28-10-11-29(41-28)23-8-5-9-25-30(23)37-32(36-25)31-24-13-26(35-18-27(24)38-39-31)22-12-21(16-34-17-22)15-33-14-20-6-3-2-4-7-20/h2-13,16-18,33H,14-15H2,1H3,(H,36,37)(H,38,39). The van der Waals surface area contributed by atoms with Gasteiger partial charge >= 0.3 is 0 Å². The molecular formula is C32H25N7OS. The predicted octanol–water partition coefficient (Wildman–Crippen LogP) is 6.78. The molecule has 0 fully saturated rings. The van der Waals surface area contributed by atoms with Gasteiger partial charge in [-0.15, -0.1) is 11.3 Å². The molecule has 0 aliphatic carbocycles. The molecule has 0 saturated carbocycles. The van der Waals surface area contributed by atoms with E-state index in [0.717, 1.165) is 66.3 Å². The minimum absolute atomic E-state index is 0.0627. The van der Waals surface area contributed by atoms with Gasteiger partial charge in [0.05, 0.1) is 33.3 Å². The van der Waals surface area contributed by atoms with E-state index in [2.05, 4.69) is 48.7 Å². The Kier molecular flexibility index (Phi) is 6.42. The number of thiophene rings is 1. The van der Waals surface area contributed by atoms with E-state index in [1.165, 1.54) is 16.9 Å². The van der Waals surface area contributed by atoms with Crippen LogP contribution in [0.3, 0.4) is 0 Å². The molecule has 0 amide bonds. The summed E-state index contributed by atoms with van der Waals surface area (Å²) in [6, 6.07) is 24.3. The fourth-order valence-corrected chi connectivity index (χ4v) is 5.87. The number of H-pyrrole nitrogens is 2. The largest absolute Gasteiger partial charge is 0.337 e. The van der Waals surface area contributed by atoms with E-state index in [4.69, 9.17) is 4.98 Å². The summed E-state index contributed by atoms with van der Waals surface area (Å²) >= 11 is 1.48. The van der Waals surface area contributed by atoms with Gasteiger partial charge < -0.3 is 10.3 Å². The fraction of sp³-hybridized carbons (Fsp3) is 0.0938. The number of aromatic amines is 2.